The number of aryl methyl sites for hydroxylation is 1. The fourth-order valence-corrected chi connectivity index (χ4v) is 4.45. The summed E-state index contributed by atoms with van der Waals surface area (Å²) in [5, 5.41) is 17.6. The molecule has 1 aliphatic heterocycles. The van der Waals surface area contributed by atoms with Crippen LogP contribution in [0.5, 0.6) is 0 Å². The molecule has 0 saturated carbocycles. The van der Waals surface area contributed by atoms with E-state index in [1.807, 2.05) is 49.1 Å². The summed E-state index contributed by atoms with van der Waals surface area (Å²) in [5.41, 5.74) is 5.00. The highest BCUT2D eigenvalue weighted by Gasteiger charge is 2.31. The summed E-state index contributed by atoms with van der Waals surface area (Å²) in [6.07, 6.45) is 7.01. The smallest absolute Gasteiger partial charge is 0.256 e. The summed E-state index contributed by atoms with van der Waals surface area (Å²) < 4.78 is 5.76. The topological polar surface area (TPSA) is 91.0 Å². The van der Waals surface area contributed by atoms with Gasteiger partial charge in [-0.25, -0.2) is 0 Å². The molecular formula is C24H24ClN7O2. The largest absolute Gasteiger partial charge is 0.377 e. The van der Waals surface area contributed by atoms with Gasteiger partial charge in [0, 0.05) is 11.6 Å². The second-order valence-corrected chi connectivity index (χ2v) is 8.66. The molecule has 2 aromatic heterocycles. The fourth-order valence-electron chi connectivity index (χ4n) is 4.25. The number of hydrogen-bond donors (Lipinski definition) is 0. The van der Waals surface area contributed by atoms with Crippen molar-refractivity contribution in [3.8, 4) is 11.4 Å². The van der Waals surface area contributed by atoms with E-state index in [1.54, 1.807) is 29.6 Å². The van der Waals surface area contributed by atoms with Crippen LogP contribution in [0, 0.1) is 13.8 Å². The van der Waals surface area contributed by atoms with Crippen LogP contribution in [0.15, 0.2) is 55.1 Å². The lowest BCUT2D eigenvalue weighted by molar-refractivity contribution is -0.00165. The van der Waals surface area contributed by atoms with Crippen LogP contribution in [0.1, 0.15) is 27.0 Å². The zero-order chi connectivity index (χ0) is 23.7. The van der Waals surface area contributed by atoms with E-state index < -0.39 is 0 Å². The molecule has 1 atom stereocenters. The molecule has 174 valence electrons. The lowest BCUT2D eigenvalue weighted by Gasteiger charge is -2.36. The Morgan fingerprint density at radius 3 is 2.47 bits per heavy atom. The molecule has 10 heteroatoms. The summed E-state index contributed by atoms with van der Waals surface area (Å²) >= 11 is 6.54. The molecule has 0 radical (unpaired) electrons. The monoisotopic (exact) mass is 477 g/mol. The van der Waals surface area contributed by atoms with Gasteiger partial charge in [-0.05, 0) is 61.2 Å². The number of amides is 1. The SMILES string of the molecule is Cc1ccc(C(=O)N2CCOCC2Cc2cc(-n3nccn3)ccc2Cl)c(-n2nccn2)c1C. The number of hydrogen-bond acceptors (Lipinski definition) is 6. The van der Waals surface area contributed by atoms with E-state index in [0.29, 0.717) is 42.5 Å². The number of aromatic nitrogens is 6. The lowest BCUT2D eigenvalue weighted by atomic mass is 9.99. The van der Waals surface area contributed by atoms with Crippen molar-refractivity contribution in [3.63, 3.8) is 0 Å². The van der Waals surface area contributed by atoms with Crippen molar-refractivity contribution in [1.29, 1.82) is 0 Å². The average molecular weight is 478 g/mol. The second-order valence-electron chi connectivity index (χ2n) is 8.25. The van der Waals surface area contributed by atoms with Gasteiger partial charge >= 0.3 is 0 Å². The third-order valence-corrected chi connectivity index (χ3v) is 6.54. The molecule has 0 bridgehead atoms. The quantitative estimate of drug-likeness (QED) is 0.438. The Morgan fingerprint density at radius 1 is 1.03 bits per heavy atom. The van der Waals surface area contributed by atoms with E-state index in [4.69, 9.17) is 16.3 Å². The lowest BCUT2D eigenvalue weighted by Crippen LogP contribution is -2.50. The van der Waals surface area contributed by atoms with Crippen LogP contribution < -0.4 is 0 Å². The molecule has 5 rings (SSSR count). The summed E-state index contributed by atoms with van der Waals surface area (Å²) in [4.78, 5) is 18.8. The van der Waals surface area contributed by atoms with Crippen molar-refractivity contribution in [1.82, 2.24) is 34.9 Å². The van der Waals surface area contributed by atoms with Crippen molar-refractivity contribution in [2.45, 2.75) is 26.3 Å². The number of morpholine rings is 1. The van der Waals surface area contributed by atoms with Gasteiger partial charge in [-0.15, -0.1) is 0 Å². The minimum absolute atomic E-state index is 0.0790. The molecule has 3 heterocycles. The normalized spacial score (nSPS) is 16.1. The zero-order valence-corrected chi connectivity index (χ0v) is 19.7. The van der Waals surface area contributed by atoms with Crippen LogP contribution in [0.25, 0.3) is 11.4 Å². The molecule has 1 aliphatic rings. The predicted molar refractivity (Wildman–Crippen MR) is 127 cm³/mol. The molecule has 34 heavy (non-hydrogen) atoms. The Bertz CT molecular complexity index is 1310. The Kier molecular flexibility index (Phi) is 6.12. The van der Waals surface area contributed by atoms with E-state index in [2.05, 4.69) is 20.4 Å². The van der Waals surface area contributed by atoms with Crippen molar-refractivity contribution in [2.75, 3.05) is 19.8 Å². The predicted octanol–water partition coefficient (Wildman–Crippen LogP) is 3.20. The molecule has 1 unspecified atom stereocenters. The summed E-state index contributed by atoms with van der Waals surface area (Å²) in [7, 11) is 0. The van der Waals surface area contributed by atoms with Gasteiger partial charge in [0.25, 0.3) is 5.91 Å². The van der Waals surface area contributed by atoms with E-state index in [0.717, 1.165) is 22.4 Å². The Hall–Kier alpha value is -3.56. The number of carbonyl (C=O) groups is 1. The summed E-state index contributed by atoms with van der Waals surface area (Å²) in [6, 6.07) is 9.28. The Labute approximate surface area is 201 Å². The van der Waals surface area contributed by atoms with Crippen molar-refractivity contribution >= 4 is 17.5 Å². The fraction of sp³-hybridized carbons (Fsp3) is 0.292. The molecule has 1 saturated heterocycles. The zero-order valence-electron chi connectivity index (χ0n) is 18.9. The van der Waals surface area contributed by atoms with Gasteiger partial charge < -0.3 is 9.64 Å². The van der Waals surface area contributed by atoms with Gasteiger partial charge in [0.05, 0.1) is 55.3 Å². The average Bonchev–Trinajstić information content (AvgIpc) is 3.57. The first kappa shape index (κ1) is 22.2. The van der Waals surface area contributed by atoms with Crippen LogP contribution in [-0.2, 0) is 11.2 Å². The third-order valence-electron chi connectivity index (χ3n) is 6.17. The molecule has 0 spiro atoms. The third kappa shape index (κ3) is 4.20. The van der Waals surface area contributed by atoms with E-state index >= 15 is 0 Å². The van der Waals surface area contributed by atoms with Gasteiger partial charge in [0.15, 0.2) is 0 Å². The standard InChI is InChI=1S/C24H24ClN7O2/c1-16-3-5-21(23(17(16)2)32-28-9-10-29-32)24(33)30-11-12-34-15-20(30)14-18-13-19(4-6-22(18)25)31-26-7-8-27-31/h3-10,13,20H,11-12,14-15H2,1-2H3. The number of ether oxygens (including phenoxy) is 1. The number of nitrogens with zero attached hydrogens (tertiary/aromatic N) is 7. The van der Waals surface area contributed by atoms with Gasteiger partial charge in [-0.2, -0.15) is 30.0 Å². The maximum Gasteiger partial charge on any atom is 0.256 e. The maximum atomic E-state index is 13.9. The van der Waals surface area contributed by atoms with Crippen LogP contribution in [0.2, 0.25) is 5.02 Å². The number of halogens is 1. The Balaban J connectivity index is 1.47. The highest BCUT2D eigenvalue weighted by atomic mass is 35.5. The van der Waals surface area contributed by atoms with Crippen LogP contribution in [0.4, 0.5) is 0 Å². The molecule has 0 aliphatic carbocycles. The van der Waals surface area contributed by atoms with Gasteiger partial charge in [0.2, 0.25) is 0 Å². The van der Waals surface area contributed by atoms with Crippen molar-refractivity contribution in [2.24, 2.45) is 0 Å². The molecule has 1 fully saturated rings. The van der Waals surface area contributed by atoms with Gasteiger partial charge in [0.1, 0.15) is 5.69 Å². The van der Waals surface area contributed by atoms with E-state index in [-0.39, 0.29) is 11.9 Å². The highest BCUT2D eigenvalue weighted by Crippen LogP contribution is 2.27. The summed E-state index contributed by atoms with van der Waals surface area (Å²) in [6.45, 7) is 5.38. The molecule has 0 N–H and O–H groups in total. The van der Waals surface area contributed by atoms with Gasteiger partial charge in [-0.1, -0.05) is 17.7 Å². The van der Waals surface area contributed by atoms with Crippen LogP contribution in [0.3, 0.4) is 0 Å². The highest BCUT2D eigenvalue weighted by molar-refractivity contribution is 6.31. The number of carbonyl (C=O) groups excluding carboxylic acids is 1. The van der Waals surface area contributed by atoms with Crippen LogP contribution >= 0.6 is 11.6 Å². The van der Waals surface area contributed by atoms with E-state index in [1.165, 1.54) is 4.80 Å². The first-order valence-electron chi connectivity index (χ1n) is 11.0. The molecular weight excluding hydrogens is 454 g/mol. The van der Waals surface area contributed by atoms with Crippen LogP contribution in [-0.4, -0.2) is 66.6 Å². The molecule has 2 aromatic carbocycles. The van der Waals surface area contributed by atoms with Crippen molar-refractivity contribution in [3.05, 3.63) is 82.4 Å². The first-order valence-corrected chi connectivity index (χ1v) is 11.4. The maximum absolute atomic E-state index is 13.9. The van der Waals surface area contributed by atoms with Gasteiger partial charge in [-0.3, -0.25) is 4.79 Å². The minimum Gasteiger partial charge on any atom is -0.377 e. The minimum atomic E-state index is -0.181. The Morgan fingerprint density at radius 2 is 1.74 bits per heavy atom. The van der Waals surface area contributed by atoms with E-state index in [9.17, 15) is 4.79 Å². The molecule has 4 aromatic rings. The van der Waals surface area contributed by atoms with Crippen molar-refractivity contribution < 1.29 is 9.53 Å². The second kappa shape index (κ2) is 9.36. The number of rotatable bonds is 5. The summed E-state index contributed by atoms with van der Waals surface area (Å²) in [5.74, 6) is -0.0790. The molecule has 9 nitrogen and oxygen atoms in total. The number of benzene rings is 2. The molecule has 1 amide bonds. The first-order chi connectivity index (χ1) is 16.5.